The lowest BCUT2D eigenvalue weighted by Gasteiger charge is -2.42. The fourth-order valence-electron chi connectivity index (χ4n) is 7.99. The normalized spacial score (nSPS) is 15.7. The first-order chi connectivity index (χ1) is 29.8. The van der Waals surface area contributed by atoms with Crippen molar-refractivity contribution < 1.29 is 47.4 Å². The SMILES string of the molecule is COc1cc(C(=O)N2C=C(c3ccc(NC(=O)[C@H](C)NC(=O)[C@@H](NC(=O)O)C(C)C)cc3)C[C@H]2CO[Si](C)(C)C(C)(C)C)c(NC(=O)OC(C)(C)C)cc1O[Si](C(C)C)(C(C)C)C(C)C. The van der Waals surface area contributed by atoms with Crippen LogP contribution in [0.25, 0.3) is 5.57 Å². The molecular formula is C48H77N5O10Si2. The lowest BCUT2D eigenvalue weighted by Crippen LogP contribution is -2.53. The van der Waals surface area contributed by atoms with Crippen molar-refractivity contribution in [3.8, 4) is 11.5 Å². The first-order valence-corrected chi connectivity index (χ1v) is 27.7. The van der Waals surface area contributed by atoms with Crippen LogP contribution in [-0.4, -0.2) is 94.0 Å². The highest BCUT2D eigenvalue weighted by atomic mass is 28.4. The van der Waals surface area contributed by atoms with Gasteiger partial charge in [-0.25, -0.2) is 9.59 Å². The maximum absolute atomic E-state index is 15.1. The average Bonchev–Trinajstić information content (AvgIpc) is 3.60. The van der Waals surface area contributed by atoms with Crippen molar-refractivity contribution in [1.82, 2.24) is 15.5 Å². The fourth-order valence-corrected chi connectivity index (χ4v) is 14.3. The molecule has 0 bridgehead atoms. The minimum absolute atomic E-state index is 0.0863. The van der Waals surface area contributed by atoms with Crippen molar-refractivity contribution in [2.24, 2.45) is 5.92 Å². The van der Waals surface area contributed by atoms with Gasteiger partial charge in [-0.15, -0.1) is 0 Å². The number of anilines is 2. The topological polar surface area (TPSA) is 194 Å². The van der Waals surface area contributed by atoms with Crippen LogP contribution >= 0.6 is 0 Å². The maximum Gasteiger partial charge on any atom is 0.412 e. The number of carboxylic acid groups (broad SMARTS) is 1. The molecule has 0 saturated carbocycles. The number of nitrogens with zero attached hydrogens (tertiary/aromatic N) is 1. The number of carbonyl (C=O) groups is 5. The molecule has 5 N–H and O–H groups in total. The molecule has 3 rings (SSSR count). The van der Waals surface area contributed by atoms with Crippen LogP contribution in [0.3, 0.4) is 0 Å². The summed E-state index contributed by atoms with van der Waals surface area (Å²) >= 11 is 0. The van der Waals surface area contributed by atoms with Crippen LogP contribution in [0.4, 0.5) is 21.0 Å². The molecule has 0 fully saturated rings. The molecule has 0 aliphatic carbocycles. The van der Waals surface area contributed by atoms with E-state index in [4.69, 9.17) is 23.4 Å². The van der Waals surface area contributed by atoms with Crippen molar-refractivity contribution in [3.63, 3.8) is 0 Å². The molecule has 0 unspecified atom stereocenters. The molecule has 0 aromatic heterocycles. The van der Waals surface area contributed by atoms with Gasteiger partial charge in [-0.3, -0.25) is 19.7 Å². The molecule has 5 amide bonds. The Morgan fingerprint density at radius 3 is 1.85 bits per heavy atom. The number of nitrogens with one attached hydrogen (secondary N) is 4. The number of carbonyl (C=O) groups excluding carboxylic acids is 4. The summed E-state index contributed by atoms with van der Waals surface area (Å²) in [5, 5.41) is 19.5. The Labute approximate surface area is 389 Å². The molecule has 1 aliphatic rings. The molecule has 0 radical (unpaired) electrons. The third-order valence-corrected chi connectivity index (χ3v) is 23.0. The lowest BCUT2D eigenvalue weighted by molar-refractivity contribution is -0.128. The fraction of sp³-hybridized carbons (Fsp3) is 0.604. The minimum atomic E-state index is -2.53. The standard InChI is InChI=1S/C48H77N5O10Si2/c1-28(2)41(52-45(57)58)43(55)49-32(9)42(54)50-35-21-19-33(20-22-35)34-23-36(27-61-64(17,18)48(13,14)15)53(26-34)44(56)37-24-39(60-16)40(25-38(37)51-46(59)62-47(10,11)12)63-65(29(3)4,30(5)6)31(7)8/h19-22,24-26,28-32,36,41,52H,23,27H2,1-18H3,(H,49,55)(H,50,54)(H,51,59)(H,57,58)/t32-,36-,41-/m0/s1. The predicted octanol–water partition coefficient (Wildman–Crippen LogP) is 10.6. The highest BCUT2D eigenvalue weighted by Crippen LogP contribution is 2.47. The van der Waals surface area contributed by atoms with Gasteiger partial charge >= 0.3 is 12.2 Å². The first-order valence-electron chi connectivity index (χ1n) is 22.6. The third-order valence-electron chi connectivity index (χ3n) is 12.5. The number of ether oxygens (including phenoxy) is 2. The van der Waals surface area contributed by atoms with Gasteiger partial charge in [0.15, 0.2) is 14.1 Å². The van der Waals surface area contributed by atoms with Crippen molar-refractivity contribution in [2.45, 2.75) is 169 Å². The van der Waals surface area contributed by atoms with Crippen molar-refractivity contribution in [1.29, 1.82) is 0 Å². The monoisotopic (exact) mass is 940 g/mol. The van der Waals surface area contributed by atoms with E-state index in [9.17, 15) is 19.2 Å². The van der Waals surface area contributed by atoms with E-state index in [1.54, 1.807) is 63.8 Å². The van der Waals surface area contributed by atoms with Crippen LogP contribution in [0.15, 0.2) is 42.6 Å². The Morgan fingerprint density at radius 1 is 0.800 bits per heavy atom. The molecule has 65 heavy (non-hydrogen) atoms. The number of methoxy groups -OCH3 is 1. The molecule has 1 aliphatic heterocycles. The smallest absolute Gasteiger partial charge is 0.412 e. The van der Waals surface area contributed by atoms with Gasteiger partial charge in [0, 0.05) is 18.0 Å². The Kier molecular flexibility index (Phi) is 18.1. The molecule has 362 valence electrons. The van der Waals surface area contributed by atoms with Crippen LogP contribution in [0, 0.1) is 5.92 Å². The second-order valence-corrected chi connectivity index (χ2v) is 31.0. The number of benzene rings is 2. The van der Waals surface area contributed by atoms with E-state index in [1.165, 1.54) is 14.0 Å². The third kappa shape index (κ3) is 13.8. The average molecular weight is 940 g/mol. The van der Waals surface area contributed by atoms with Crippen molar-refractivity contribution >= 4 is 63.5 Å². The van der Waals surface area contributed by atoms with Gasteiger partial charge in [-0.05, 0) is 104 Å². The molecule has 2 aromatic rings. The van der Waals surface area contributed by atoms with E-state index >= 15 is 4.79 Å². The molecule has 2 aromatic carbocycles. The summed E-state index contributed by atoms with van der Waals surface area (Å²) in [5.74, 6) is -1.03. The molecular weight excluding hydrogens is 863 g/mol. The van der Waals surface area contributed by atoms with Gasteiger partial charge in [-0.1, -0.05) is 88.3 Å². The van der Waals surface area contributed by atoms with E-state index in [0.29, 0.717) is 23.6 Å². The Morgan fingerprint density at radius 2 is 1.37 bits per heavy atom. The van der Waals surface area contributed by atoms with E-state index in [0.717, 1.165) is 11.1 Å². The van der Waals surface area contributed by atoms with E-state index < -0.39 is 70.3 Å². The summed E-state index contributed by atoms with van der Waals surface area (Å²) in [6.07, 6.45) is 0.204. The van der Waals surface area contributed by atoms with Crippen molar-refractivity contribution in [3.05, 3.63) is 53.7 Å². The van der Waals surface area contributed by atoms with Crippen LogP contribution in [-0.2, 0) is 18.8 Å². The van der Waals surface area contributed by atoms with E-state index in [2.05, 4.69) is 96.7 Å². The van der Waals surface area contributed by atoms with Gasteiger partial charge in [0.25, 0.3) is 14.2 Å². The number of amides is 5. The molecule has 3 atom stereocenters. The zero-order valence-corrected chi connectivity index (χ0v) is 44.1. The molecule has 1 heterocycles. The molecule has 15 nitrogen and oxygen atoms in total. The van der Waals surface area contributed by atoms with E-state index in [-0.39, 0.29) is 45.4 Å². The predicted molar refractivity (Wildman–Crippen MR) is 263 cm³/mol. The van der Waals surface area contributed by atoms with Gasteiger partial charge in [0.2, 0.25) is 11.8 Å². The maximum atomic E-state index is 15.1. The number of rotatable bonds is 18. The summed E-state index contributed by atoms with van der Waals surface area (Å²) in [5.41, 5.74) is 2.42. The minimum Gasteiger partial charge on any atom is -0.540 e. The molecule has 0 spiro atoms. The largest absolute Gasteiger partial charge is 0.540 e. The van der Waals surface area contributed by atoms with Gasteiger partial charge in [-0.2, -0.15) is 0 Å². The van der Waals surface area contributed by atoms with Crippen LogP contribution < -0.4 is 30.4 Å². The zero-order chi connectivity index (χ0) is 49.6. The summed E-state index contributed by atoms with van der Waals surface area (Å²) in [6.45, 7) is 34.4. The zero-order valence-electron chi connectivity index (χ0n) is 42.1. The van der Waals surface area contributed by atoms with Crippen molar-refractivity contribution in [2.75, 3.05) is 24.4 Å². The number of hydrogen-bond acceptors (Lipinski definition) is 9. The quantitative estimate of drug-likeness (QED) is 0.0898. The van der Waals surface area contributed by atoms with Crippen LogP contribution in [0.5, 0.6) is 11.5 Å². The van der Waals surface area contributed by atoms with Gasteiger partial charge < -0.3 is 44.3 Å². The van der Waals surface area contributed by atoms with Crippen LogP contribution in [0.2, 0.25) is 34.8 Å². The Hall–Kier alpha value is -4.88. The second-order valence-electron chi connectivity index (χ2n) is 20.9. The van der Waals surface area contributed by atoms with Crippen LogP contribution in [0.1, 0.15) is 126 Å². The Balaban J connectivity index is 2.10. The summed E-state index contributed by atoms with van der Waals surface area (Å²) in [7, 11) is -3.26. The molecule has 0 saturated heterocycles. The lowest BCUT2D eigenvalue weighted by atomic mass is 10.0. The van der Waals surface area contributed by atoms with Gasteiger partial charge in [0.1, 0.15) is 23.4 Å². The molecule has 17 heteroatoms. The summed E-state index contributed by atoms with van der Waals surface area (Å²) in [4.78, 5) is 67.4. The second kappa shape index (κ2) is 21.6. The first kappa shape index (κ1) is 54.5. The summed E-state index contributed by atoms with van der Waals surface area (Å²) in [6, 6.07) is 8.06. The highest BCUT2D eigenvalue weighted by Gasteiger charge is 2.48. The summed E-state index contributed by atoms with van der Waals surface area (Å²) < 4.78 is 25.5. The Bertz CT molecular complexity index is 2030. The highest BCUT2D eigenvalue weighted by molar-refractivity contribution is 6.78. The number of hydrogen-bond donors (Lipinski definition) is 5. The van der Waals surface area contributed by atoms with E-state index in [1.807, 2.05) is 18.3 Å². The van der Waals surface area contributed by atoms with Gasteiger partial charge in [0.05, 0.1) is 31.0 Å².